The highest BCUT2D eigenvalue weighted by Gasteiger charge is 2.37. The molecular formula is C56H98N16O13. The highest BCUT2D eigenvalue weighted by Crippen LogP contribution is 2.14. The molecule has 85 heavy (non-hydrogen) atoms. The van der Waals surface area contributed by atoms with Gasteiger partial charge in [-0.3, -0.25) is 52.7 Å². The normalized spacial score (nSPS) is 22.9. The molecule has 1 aliphatic rings. The first-order chi connectivity index (χ1) is 40.3. The summed E-state index contributed by atoms with van der Waals surface area (Å²) < 4.78 is 0. The summed E-state index contributed by atoms with van der Waals surface area (Å²) >= 11 is 0. The average Bonchev–Trinajstić information content (AvgIpc) is 3.67. The van der Waals surface area contributed by atoms with Gasteiger partial charge in [-0.1, -0.05) is 77.3 Å². The first kappa shape index (κ1) is 74.2. The average molecular weight is 1200 g/mol. The van der Waals surface area contributed by atoms with Crippen LogP contribution in [0.4, 0.5) is 0 Å². The maximum atomic E-state index is 14.5. The van der Waals surface area contributed by atoms with E-state index in [1.165, 1.54) is 13.8 Å². The summed E-state index contributed by atoms with van der Waals surface area (Å²) in [7, 11) is 0. The Kier molecular flexibility index (Phi) is 34.6. The minimum atomic E-state index is -1.70. The molecule has 480 valence electrons. The zero-order chi connectivity index (χ0) is 63.8. The second kappa shape index (κ2) is 39.7. The van der Waals surface area contributed by atoms with E-state index in [0.29, 0.717) is 17.9 Å². The van der Waals surface area contributed by atoms with Crippen molar-refractivity contribution in [3.8, 4) is 0 Å². The molecule has 29 nitrogen and oxygen atoms in total. The van der Waals surface area contributed by atoms with Gasteiger partial charge in [-0.15, -0.1) is 0 Å². The number of hydrogen-bond donors (Lipinski definition) is 18. The number of aliphatic hydroxyl groups excluding tert-OH is 2. The van der Waals surface area contributed by atoms with E-state index in [0.717, 1.165) is 19.3 Å². The Morgan fingerprint density at radius 3 is 1.56 bits per heavy atom. The maximum Gasteiger partial charge on any atom is 0.245 e. The molecular weight excluding hydrogens is 1100 g/mol. The largest absolute Gasteiger partial charge is 0.391 e. The predicted molar refractivity (Wildman–Crippen MR) is 316 cm³/mol. The fourth-order valence-electron chi connectivity index (χ4n) is 9.12. The third-order valence-corrected chi connectivity index (χ3v) is 14.3. The van der Waals surface area contributed by atoms with Gasteiger partial charge in [-0.05, 0) is 115 Å². The first-order valence-electron chi connectivity index (χ1n) is 29.5. The van der Waals surface area contributed by atoms with Crippen LogP contribution < -0.4 is 87.2 Å². The van der Waals surface area contributed by atoms with Crippen LogP contribution in [0.25, 0.3) is 0 Å². The van der Waals surface area contributed by atoms with Gasteiger partial charge in [-0.25, -0.2) is 0 Å². The van der Waals surface area contributed by atoms with E-state index in [9.17, 15) is 63.0 Å². The number of nitrogens with one attached hydrogen (secondary N) is 11. The second-order valence-electron chi connectivity index (χ2n) is 22.0. The zero-order valence-corrected chi connectivity index (χ0v) is 50.2. The quantitative estimate of drug-likeness (QED) is 0.0333. The summed E-state index contributed by atoms with van der Waals surface area (Å²) in [5, 5.41) is 49.7. The molecule has 1 aromatic carbocycles. The van der Waals surface area contributed by atoms with E-state index in [4.69, 9.17) is 28.7 Å². The Balaban J connectivity index is 2.67. The molecule has 1 fully saturated rings. The molecule has 13 atom stereocenters. The number of nitrogens with two attached hydrogens (primary N) is 5. The monoisotopic (exact) mass is 1200 g/mol. The number of unbranched alkanes of at least 4 members (excludes halogenated alkanes) is 1. The van der Waals surface area contributed by atoms with Gasteiger partial charge in [0.05, 0.1) is 12.2 Å². The molecule has 0 aromatic heterocycles. The maximum absolute atomic E-state index is 14.5. The van der Waals surface area contributed by atoms with Gasteiger partial charge in [0.2, 0.25) is 65.0 Å². The topological polar surface area (TPSA) is 491 Å². The van der Waals surface area contributed by atoms with Gasteiger partial charge < -0.3 is 97.4 Å². The van der Waals surface area contributed by atoms with Crippen molar-refractivity contribution in [3.05, 3.63) is 35.9 Å². The van der Waals surface area contributed by atoms with Crippen molar-refractivity contribution in [2.45, 2.75) is 198 Å². The zero-order valence-electron chi connectivity index (χ0n) is 50.2. The molecule has 8 unspecified atom stereocenters. The Morgan fingerprint density at radius 2 is 1.06 bits per heavy atom. The molecule has 1 heterocycles. The highest BCUT2D eigenvalue weighted by atomic mass is 16.3. The number of benzene rings is 1. The summed E-state index contributed by atoms with van der Waals surface area (Å²) in [6.07, 6.45) is -1.05. The molecule has 1 aromatic rings. The number of carbonyl (C=O) groups is 11. The lowest BCUT2D eigenvalue weighted by atomic mass is 10.00. The summed E-state index contributed by atoms with van der Waals surface area (Å²) in [6.45, 7) is 9.00. The van der Waals surface area contributed by atoms with Gasteiger partial charge in [0, 0.05) is 19.4 Å². The molecule has 29 heteroatoms. The van der Waals surface area contributed by atoms with Crippen LogP contribution in [0.2, 0.25) is 0 Å². The molecule has 0 bridgehead atoms. The van der Waals surface area contributed by atoms with E-state index >= 15 is 0 Å². The number of rotatable bonds is 29. The minimum Gasteiger partial charge on any atom is -0.391 e. The van der Waals surface area contributed by atoms with E-state index in [1.807, 2.05) is 0 Å². The lowest BCUT2D eigenvalue weighted by Gasteiger charge is -2.29. The standard InChI is InChI=1S/C56H98N16O13/c1-7-32(4)13-11-12-16-44(75)63-36(17-23-57)51(80)72-46(34(6)74)56(85)68-39(20-26-60)48(77)67-41-22-28-62-55(84)45(33(5)73)71-52(81)40(21-27-61)65-47(76)37(18-24-58)66-53(82)42(29-31(2)3)69-54(83)43(30-35-14-9-8-10-15-35)70-49(78)38(19-25-59)64-50(41)79/h8-10,14-15,31-34,36-43,45-46,73-74H,7,11-13,16-30,57-61H2,1-6H3,(H,62,84)(H,63,75)(H,64,79)(H,65,76)(H,66,82)(H,67,77)(H,68,85)(H,69,83)(H,70,78)(H,71,81)(H,72,80)/t32-,33+,34+,36?,37?,38+,39?,40?,41-,42?,43?,45?,46?/m0/s1. The van der Waals surface area contributed by atoms with Gasteiger partial charge >= 0.3 is 0 Å². The first-order valence-corrected chi connectivity index (χ1v) is 29.5. The molecule has 2 rings (SSSR count). The Labute approximate surface area is 498 Å². The van der Waals surface area contributed by atoms with Crippen LogP contribution >= 0.6 is 0 Å². The van der Waals surface area contributed by atoms with Crippen molar-refractivity contribution in [1.29, 1.82) is 0 Å². The van der Waals surface area contributed by atoms with Crippen molar-refractivity contribution in [3.63, 3.8) is 0 Å². The van der Waals surface area contributed by atoms with Crippen molar-refractivity contribution in [2.75, 3.05) is 39.3 Å². The smallest absolute Gasteiger partial charge is 0.245 e. The Morgan fingerprint density at radius 1 is 0.565 bits per heavy atom. The Bertz CT molecular complexity index is 2320. The summed E-state index contributed by atoms with van der Waals surface area (Å²) in [5.41, 5.74) is 29.9. The lowest BCUT2D eigenvalue weighted by Crippen LogP contribution is -2.62. The van der Waals surface area contributed by atoms with Gasteiger partial charge in [-0.2, -0.15) is 0 Å². The number of hydrogen-bond acceptors (Lipinski definition) is 18. The van der Waals surface area contributed by atoms with Crippen LogP contribution in [0, 0.1) is 11.8 Å². The third kappa shape index (κ3) is 26.9. The predicted octanol–water partition coefficient (Wildman–Crippen LogP) is -5.24. The van der Waals surface area contributed by atoms with Crippen LogP contribution in [-0.4, -0.2) is 187 Å². The third-order valence-electron chi connectivity index (χ3n) is 14.3. The molecule has 23 N–H and O–H groups in total. The van der Waals surface area contributed by atoms with Crippen LogP contribution in [0.15, 0.2) is 30.3 Å². The molecule has 0 aliphatic carbocycles. The molecule has 0 saturated carbocycles. The molecule has 1 aliphatic heterocycles. The molecule has 0 radical (unpaired) electrons. The minimum absolute atomic E-state index is 0.0173. The summed E-state index contributed by atoms with van der Waals surface area (Å²) in [4.78, 5) is 154. The SMILES string of the molecule is CC[C@H](C)CCCCC(=O)NC(CCN)C(=O)NC(C(=O)NC(CCN)C(=O)N[C@H]1CCNC(=O)C([C@@H](C)O)NC(=O)C(CCN)NC(=O)C(CCN)NC(=O)C(CC(C)C)NC(=O)C(Cc2ccccc2)NC(=O)[C@@H](CCN)NC1=O)[C@@H](C)O. The number of amides is 11. The van der Waals surface area contributed by atoms with Crippen LogP contribution in [0.5, 0.6) is 0 Å². The number of carbonyl (C=O) groups excluding carboxylic acids is 11. The molecule has 11 amide bonds. The Hall–Kier alpha value is -6.89. The highest BCUT2D eigenvalue weighted by molar-refractivity contribution is 5.99. The number of aliphatic hydroxyl groups is 2. The lowest BCUT2D eigenvalue weighted by molar-refractivity contribution is -0.137. The molecule has 1 saturated heterocycles. The fraction of sp³-hybridized carbons (Fsp3) is 0.696. The van der Waals surface area contributed by atoms with Gasteiger partial charge in [0.25, 0.3) is 0 Å². The fourth-order valence-corrected chi connectivity index (χ4v) is 9.12. The van der Waals surface area contributed by atoms with Crippen molar-refractivity contribution in [1.82, 2.24) is 58.5 Å². The summed E-state index contributed by atoms with van der Waals surface area (Å²) in [5.74, 6) is -9.45. The van der Waals surface area contributed by atoms with Gasteiger partial charge in [0.15, 0.2) is 0 Å². The van der Waals surface area contributed by atoms with Gasteiger partial charge in [0.1, 0.15) is 60.4 Å². The van der Waals surface area contributed by atoms with Crippen LogP contribution in [-0.2, 0) is 59.2 Å². The summed E-state index contributed by atoms with van der Waals surface area (Å²) in [6, 6.07) is -6.23. The van der Waals surface area contributed by atoms with Crippen molar-refractivity contribution in [2.24, 2.45) is 40.5 Å². The second-order valence-corrected chi connectivity index (χ2v) is 22.0. The van der Waals surface area contributed by atoms with Crippen LogP contribution in [0.1, 0.15) is 124 Å². The van der Waals surface area contributed by atoms with Crippen LogP contribution in [0.3, 0.4) is 0 Å². The van der Waals surface area contributed by atoms with Crippen molar-refractivity contribution < 1.29 is 63.0 Å². The van der Waals surface area contributed by atoms with Crippen molar-refractivity contribution >= 4 is 65.0 Å². The molecule has 0 spiro atoms. The van der Waals surface area contributed by atoms with E-state index in [2.05, 4.69) is 72.3 Å². The van der Waals surface area contributed by atoms with E-state index in [-0.39, 0.29) is 90.0 Å². The van der Waals surface area contributed by atoms with E-state index in [1.54, 1.807) is 44.2 Å². The van der Waals surface area contributed by atoms with E-state index < -0.39 is 151 Å².